The number of carbonyl (C=O) groups is 2. The minimum absolute atomic E-state index is 0.0221. The van der Waals surface area contributed by atoms with Gasteiger partial charge in [-0.15, -0.1) is 8.78 Å². The molecule has 2 aromatic carbocycles. The molecule has 0 bridgehead atoms. The number of piperazine rings is 1. The van der Waals surface area contributed by atoms with Crippen LogP contribution in [0.1, 0.15) is 69.7 Å². The van der Waals surface area contributed by atoms with E-state index in [4.69, 9.17) is 9.47 Å². The molecule has 0 saturated carbocycles. The molecule has 5 rings (SSSR count). The van der Waals surface area contributed by atoms with Crippen LogP contribution in [0.4, 0.5) is 22.0 Å². The van der Waals surface area contributed by atoms with Crippen LogP contribution >= 0.6 is 0 Å². The largest absolute Gasteiger partial charge is 0.586 e. The summed E-state index contributed by atoms with van der Waals surface area (Å²) in [6.07, 6.45) is -6.52. The minimum atomic E-state index is -4.53. The fourth-order valence-corrected chi connectivity index (χ4v) is 6.54. The second-order valence-electron chi connectivity index (χ2n) is 13.0. The van der Waals surface area contributed by atoms with Crippen LogP contribution in [-0.4, -0.2) is 71.6 Å². The highest BCUT2D eigenvalue weighted by molar-refractivity contribution is 5.77. The van der Waals surface area contributed by atoms with Crippen molar-refractivity contribution in [3.05, 3.63) is 59.2 Å². The molecule has 0 aromatic heterocycles. The molecule has 0 aliphatic carbocycles. The SMILES string of the molecule is CC(=O)N1CCC(CC(=O)N2CCN(C(c3ccc(C(F)(F)F)cc3)c3cccc4c3OC(F)(F)O4)C[C@@H]2C(C)(C)C)CC1. The van der Waals surface area contributed by atoms with E-state index in [0.29, 0.717) is 50.3 Å². The van der Waals surface area contributed by atoms with Gasteiger partial charge < -0.3 is 19.3 Å². The van der Waals surface area contributed by atoms with Crippen molar-refractivity contribution in [3.8, 4) is 11.5 Å². The summed E-state index contributed by atoms with van der Waals surface area (Å²) in [5, 5.41) is 0. The highest BCUT2D eigenvalue weighted by Crippen LogP contribution is 2.48. The topological polar surface area (TPSA) is 62.3 Å². The summed E-state index contributed by atoms with van der Waals surface area (Å²) in [5.74, 6) is -0.0890. The number of alkyl halides is 5. The molecule has 7 nitrogen and oxygen atoms in total. The molecular weight excluding hydrogens is 585 g/mol. The Kier molecular flexibility index (Phi) is 8.60. The Morgan fingerprint density at radius 3 is 2.20 bits per heavy atom. The van der Waals surface area contributed by atoms with Gasteiger partial charge in [0.05, 0.1) is 11.6 Å². The van der Waals surface area contributed by atoms with Crippen LogP contribution in [0.5, 0.6) is 11.5 Å². The van der Waals surface area contributed by atoms with Gasteiger partial charge in [0.25, 0.3) is 0 Å². The van der Waals surface area contributed by atoms with Gasteiger partial charge in [-0.2, -0.15) is 13.2 Å². The van der Waals surface area contributed by atoms with Crippen molar-refractivity contribution in [1.82, 2.24) is 14.7 Å². The summed E-state index contributed by atoms with van der Waals surface area (Å²) < 4.78 is 78.2. The van der Waals surface area contributed by atoms with Gasteiger partial charge in [0.15, 0.2) is 11.5 Å². The maximum atomic E-state index is 14.2. The van der Waals surface area contributed by atoms with Crippen LogP contribution < -0.4 is 9.47 Å². The number of para-hydroxylation sites is 1. The van der Waals surface area contributed by atoms with Gasteiger partial charge in [0.2, 0.25) is 11.8 Å². The van der Waals surface area contributed by atoms with E-state index in [1.807, 2.05) is 30.6 Å². The van der Waals surface area contributed by atoms with Crippen LogP contribution in [0, 0.1) is 11.3 Å². The Labute approximate surface area is 253 Å². The third kappa shape index (κ3) is 6.79. The molecule has 0 spiro atoms. The van der Waals surface area contributed by atoms with Gasteiger partial charge in [-0.3, -0.25) is 14.5 Å². The van der Waals surface area contributed by atoms with Crippen LogP contribution in [0.3, 0.4) is 0 Å². The van der Waals surface area contributed by atoms with Crippen molar-refractivity contribution in [2.75, 3.05) is 32.7 Å². The summed E-state index contributed by atoms with van der Waals surface area (Å²) in [7, 11) is 0. The molecule has 2 saturated heterocycles. The Balaban J connectivity index is 1.44. The number of rotatable bonds is 5. The lowest BCUT2D eigenvalue weighted by atomic mass is 9.82. The number of nitrogens with zero attached hydrogens (tertiary/aromatic N) is 3. The van der Waals surface area contributed by atoms with Crippen molar-refractivity contribution in [1.29, 1.82) is 0 Å². The molecule has 2 aromatic rings. The highest BCUT2D eigenvalue weighted by atomic mass is 19.4. The fourth-order valence-electron chi connectivity index (χ4n) is 6.54. The zero-order valence-electron chi connectivity index (χ0n) is 25.3. The van der Waals surface area contributed by atoms with E-state index in [1.54, 1.807) is 24.0 Å². The predicted molar refractivity (Wildman–Crippen MR) is 152 cm³/mol. The minimum Gasteiger partial charge on any atom is -0.395 e. The van der Waals surface area contributed by atoms with Crippen LogP contribution in [0.25, 0.3) is 0 Å². The van der Waals surface area contributed by atoms with Gasteiger partial charge in [0, 0.05) is 57.7 Å². The van der Waals surface area contributed by atoms with E-state index < -0.39 is 24.1 Å². The molecule has 2 fully saturated rings. The van der Waals surface area contributed by atoms with Crippen molar-refractivity contribution >= 4 is 11.8 Å². The monoisotopic (exact) mass is 623 g/mol. The van der Waals surface area contributed by atoms with Crippen LogP contribution in [0.2, 0.25) is 0 Å². The van der Waals surface area contributed by atoms with Crippen molar-refractivity contribution in [2.24, 2.45) is 11.3 Å². The Morgan fingerprint density at radius 2 is 1.61 bits per heavy atom. The van der Waals surface area contributed by atoms with Gasteiger partial charge in [0.1, 0.15) is 0 Å². The second kappa shape index (κ2) is 11.8. The molecule has 44 heavy (non-hydrogen) atoms. The van der Waals surface area contributed by atoms with E-state index >= 15 is 0 Å². The van der Waals surface area contributed by atoms with Crippen molar-refractivity contribution < 1.29 is 41.0 Å². The lowest BCUT2D eigenvalue weighted by molar-refractivity contribution is -0.287. The molecule has 3 aliphatic rings. The van der Waals surface area contributed by atoms with E-state index in [1.165, 1.54) is 18.2 Å². The maximum absolute atomic E-state index is 14.2. The average molecular weight is 624 g/mol. The van der Waals surface area contributed by atoms with E-state index in [0.717, 1.165) is 25.0 Å². The molecule has 3 heterocycles. The second-order valence-corrected chi connectivity index (χ2v) is 13.0. The van der Waals surface area contributed by atoms with Gasteiger partial charge in [-0.1, -0.05) is 45.0 Å². The zero-order valence-corrected chi connectivity index (χ0v) is 25.3. The normalized spacial score (nSPS) is 21.8. The number of hydrogen-bond donors (Lipinski definition) is 0. The third-order valence-corrected chi connectivity index (χ3v) is 8.93. The van der Waals surface area contributed by atoms with Crippen LogP contribution in [-0.2, 0) is 15.8 Å². The lowest BCUT2D eigenvalue weighted by Gasteiger charge is -2.50. The highest BCUT2D eigenvalue weighted by Gasteiger charge is 2.47. The Morgan fingerprint density at radius 1 is 0.955 bits per heavy atom. The molecule has 3 aliphatic heterocycles. The molecule has 2 atom stereocenters. The summed E-state index contributed by atoms with van der Waals surface area (Å²) in [4.78, 5) is 31.1. The fraction of sp³-hybridized carbons (Fsp3) is 0.562. The summed E-state index contributed by atoms with van der Waals surface area (Å²) in [5.41, 5.74) is -0.386. The molecule has 1 unspecified atom stereocenters. The molecular formula is C32H38F5N3O4. The number of piperidine rings is 1. The van der Waals surface area contributed by atoms with E-state index in [-0.39, 0.29) is 40.7 Å². The summed E-state index contributed by atoms with van der Waals surface area (Å²) in [6, 6.07) is 8.19. The first-order valence-corrected chi connectivity index (χ1v) is 14.9. The van der Waals surface area contributed by atoms with E-state index in [9.17, 15) is 31.5 Å². The average Bonchev–Trinajstić information content (AvgIpc) is 3.27. The maximum Gasteiger partial charge on any atom is 0.586 e. The lowest BCUT2D eigenvalue weighted by Crippen LogP contribution is -2.60. The Hall–Kier alpha value is -3.41. The zero-order chi connectivity index (χ0) is 32.0. The molecule has 0 N–H and O–H groups in total. The first-order chi connectivity index (χ1) is 20.5. The number of benzene rings is 2. The van der Waals surface area contributed by atoms with Crippen molar-refractivity contribution in [3.63, 3.8) is 0 Å². The van der Waals surface area contributed by atoms with Gasteiger partial charge >= 0.3 is 12.5 Å². The van der Waals surface area contributed by atoms with Gasteiger partial charge in [-0.25, -0.2) is 0 Å². The third-order valence-electron chi connectivity index (χ3n) is 8.93. The standard InChI is InChI=1S/C32H38F5N3O4/c1-20(41)38-14-12-21(13-15-38)18-27(42)40-17-16-39(19-26(40)30(2,3)4)28(22-8-10-23(11-9-22)31(33,34)35)24-6-5-7-25-29(24)44-32(36,37)43-25/h5-11,21,26,28H,12-19H2,1-4H3/t26-,28?/m1/s1. The van der Waals surface area contributed by atoms with Crippen molar-refractivity contribution in [2.45, 2.75) is 71.5 Å². The summed E-state index contributed by atoms with van der Waals surface area (Å²) >= 11 is 0. The summed E-state index contributed by atoms with van der Waals surface area (Å²) in [6.45, 7) is 9.94. The quantitative estimate of drug-likeness (QED) is 0.365. The number of amides is 2. The number of carbonyl (C=O) groups excluding carboxylic acids is 2. The molecule has 12 heteroatoms. The predicted octanol–water partition coefficient (Wildman–Crippen LogP) is 6.32. The van der Waals surface area contributed by atoms with Crippen LogP contribution in [0.15, 0.2) is 42.5 Å². The Bertz CT molecular complexity index is 1370. The number of hydrogen-bond acceptors (Lipinski definition) is 5. The van der Waals surface area contributed by atoms with E-state index in [2.05, 4.69) is 0 Å². The smallest absolute Gasteiger partial charge is 0.395 e. The first-order valence-electron chi connectivity index (χ1n) is 14.9. The number of ether oxygens (including phenoxy) is 2. The molecule has 0 radical (unpaired) electrons. The molecule has 2 amide bonds. The number of fused-ring (bicyclic) bond motifs is 1. The van der Waals surface area contributed by atoms with Gasteiger partial charge in [-0.05, 0) is 47.9 Å². The first kappa shape index (κ1) is 32.0. The molecule has 240 valence electrons. The number of likely N-dealkylation sites (tertiary alicyclic amines) is 1. The number of halogens is 5.